The molecule has 0 radical (unpaired) electrons. The summed E-state index contributed by atoms with van der Waals surface area (Å²) in [5.74, 6) is 0.115. The number of halogens is 1. The van der Waals surface area contributed by atoms with Gasteiger partial charge in [0.05, 0.1) is 25.0 Å². The van der Waals surface area contributed by atoms with E-state index in [1.807, 2.05) is 6.92 Å². The van der Waals surface area contributed by atoms with E-state index >= 15 is 0 Å². The molecule has 1 unspecified atom stereocenters. The van der Waals surface area contributed by atoms with Crippen LogP contribution in [0.25, 0.3) is 0 Å². The second kappa shape index (κ2) is 5.91. The SMILES string of the molecule is C[C@@](N)(c1ccccc1F)C1COC[C@@H]1SCC#N. The lowest BCUT2D eigenvalue weighted by atomic mass is 9.79. The zero-order chi connectivity index (χ0) is 13.9. The van der Waals surface area contributed by atoms with Gasteiger partial charge in [0, 0.05) is 22.3 Å². The highest BCUT2D eigenvalue weighted by Crippen LogP contribution is 2.38. The van der Waals surface area contributed by atoms with Crippen molar-refractivity contribution in [2.75, 3.05) is 19.0 Å². The van der Waals surface area contributed by atoms with Gasteiger partial charge < -0.3 is 10.5 Å². The van der Waals surface area contributed by atoms with Crippen molar-refractivity contribution in [3.05, 3.63) is 35.6 Å². The Morgan fingerprint density at radius 3 is 2.95 bits per heavy atom. The summed E-state index contributed by atoms with van der Waals surface area (Å²) in [7, 11) is 0. The van der Waals surface area contributed by atoms with Gasteiger partial charge in [0.15, 0.2) is 0 Å². The van der Waals surface area contributed by atoms with Crippen LogP contribution >= 0.6 is 11.8 Å². The summed E-state index contributed by atoms with van der Waals surface area (Å²) in [6, 6.07) is 8.70. The largest absolute Gasteiger partial charge is 0.380 e. The van der Waals surface area contributed by atoms with Crippen molar-refractivity contribution in [2.45, 2.75) is 17.7 Å². The summed E-state index contributed by atoms with van der Waals surface area (Å²) >= 11 is 1.53. The molecule has 102 valence electrons. The number of thioether (sulfide) groups is 1. The zero-order valence-corrected chi connectivity index (χ0v) is 11.6. The van der Waals surface area contributed by atoms with Gasteiger partial charge in [0.25, 0.3) is 0 Å². The number of nitrogens with zero attached hydrogens (tertiary/aromatic N) is 1. The predicted octanol–water partition coefficient (Wildman–Crippen LogP) is 2.27. The van der Waals surface area contributed by atoms with E-state index in [0.29, 0.717) is 24.5 Å². The van der Waals surface area contributed by atoms with Crippen LogP contribution < -0.4 is 5.73 Å². The molecule has 0 amide bonds. The number of nitriles is 1. The lowest BCUT2D eigenvalue weighted by Crippen LogP contribution is -2.46. The molecule has 0 saturated carbocycles. The van der Waals surface area contributed by atoms with E-state index in [1.165, 1.54) is 17.8 Å². The molecule has 0 spiro atoms. The summed E-state index contributed by atoms with van der Waals surface area (Å²) in [5.41, 5.74) is 6.10. The molecule has 5 heteroatoms. The summed E-state index contributed by atoms with van der Waals surface area (Å²) in [4.78, 5) is 0. The van der Waals surface area contributed by atoms with Crippen molar-refractivity contribution in [1.82, 2.24) is 0 Å². The van der Waals surface area contributed by atoms with Gasteiger partial charge >= 0.3 is 0 Å². The van der Waals surface area contributed by atoms with Crippen LogP contribution in [-0.2, 0) is 10.3 Å². The first kappa shape index (κ1) is 14.3. The van der Waals surface area contributed by atoms with Crippen LogP contribution in [0.15, 0.2) is 24.3 Å². The lowest BCUT2D eigenvalue weighted by molar-refractivity contribution is 0.165. The molecule has 1 heterocycles. The van der Waals surface area contributed by atoms with Crippen molar-refractivity contribution in [3.63, 3.8) is 0 Å². The van der Waals surface area contributed by atoms with Crippen LogP contribution in [0.3, 0.4) is 0 Å². The summed E-state index contributed by atoms with van der Waals surface area (Å²) < 4.78 is 19.4. The number of benzene rings is 1. The van der Waals surface area contributed by atoms with Gasteiger partial charge in [-0.05, 0) is 13.0 Å². The van der Waals surface area contributed by atoms with Gasteiger partial charge in [0.2, 0.25) is 0 Å². The van der Waals surface area contributed by atoms with Crippen LogP contribution in [-0.4, -0.2) is 24.2 Å². The third-order valence-corrected chi connectivity index (χ3v) is 4.80. The van der Waals surface area contributed by atoms with E-state index in [9.17, 15) is 4.39 Å². The summed E-state index contributed by atoms with van der Waals surface area (Å²) in [6.45, 7) is 2.91. The molecule has 0 aromatic heterocycles. The third-order valence-electron chi connectivity index (χ3n) is 3.61. The van der Waals surface area contributed by atoms with Crippen molar-refractivity contribution in [3.8, 4) is 6.07 Å². The van der Waals surface area contributed by atoms with Crippen molar-refractivity contribution in [2.24, 2.45) is 11.7 Å². The van der Waals surface area contributed by atoms with Crippen molar-refractivity contribution in [1.29, 1.82) is 5.26 Å². The Hall–Kier alpha value is -1.09. The van der Waals surface area contributed by atoms with Crippen LogP contribution in [0.2, 0.25) is 0 Å². The molecule has 1 aliphatic rings. The molecule has 2 N–H and O–H groups in total. The molecule has 3 atom stereocenters. The first-order valence-electron chi connectivity index (χ1n) is 6.17. The Morgan fingerprint density at radius 2 is 2.26 bits per heavy atom. The average Bonchev–Trinajstić information content (AvgIpc) is 2.85. The van der Waals surface area contributed by atoms with Gasteiger partial charge in [-0.1, -0.05) is 18.2 Å². The Labute approximate surface area is 116 Å². The molecule has 2 rings (SSSR count). The highest BCUT2D eigenvalue weighted by Gasteiger charge is 2.42. The molecule has 19 heavy (non-hydrogen) atoms. The van der Waals surface area contributed by atoms with Crippen LogP contribution in [0, 0.1) is 23.1 Å². The van der Waals surface area contributed by atoms with Crippen LogP contribution in [0.5, 0.6) is 0 Å². The standard InChI is InChI=1S/C14H17FN2OS/c1-14(17,10-4-2-3-5-12(10)15)11-8-18-9-13(11)19-7-6-16/h2-5,11,13H,7-9,17H2,1H3/t11?,13-,14+/m0/s1. The Balaban J connectivity index is 2.23. The fourth-order valence-corrected chi connectivity index (χ4v) is 3.57. The van der Waals surface area contributed by atoms with Gasteiger partial charge in [-0.3, -0.25) is 0 Å². The van der Waals surface area contributed by atoms with Gasteiger partial charge in [-0.2, -0.15) is 5.26 Å². The number of ether oxygens (including phenoxy) is 1. The minimum Gasteiger partial charge on any atom is -0.380 e. The predicted molar refractivity (Wildman–Crippen MR) is 74.1 cm³/mol. The van der Waals surface area contributed by atoms with Crippen LogP contribution in [0.4, 0.5) is 4.39 Å². The maximum Gasteiger partial charge on any atom is 0.128 e. The second-order valence-electron chi connectivity index (χ2n) is 4.91. The number of hydrogen-bond donors (Lipinski definition) is 1. The van der Waals surface area contributed by atoms with Gasteiger partial charge in [0.1, 0.15) is 5.82 Å². The zero-order valence-electron chi connectivity index (χ0n) is 10.8. The third kappa shape index (κ3) is 2.92. The molecular formula is C14H17FN2OS. The Kier molecular flexibility index (Phi) is 4.46. The minimum absolute atomic E-state index is 0.00255. The minimum atomic E-state index is -0.797. The highest BCUT2D eigenvalue weighted by atomic mass is 32.2. The fourth-order valence-electron chi connectivity index (χ4n) is 2.50. The summed E-state index contributed by atoms with van der Waals surface area (Å²) in [6.07, 6.45) is 0. The molecule has 0 aliphatic carbocycles. The van der Waals surface area contributed by atoms with E-state index in [2.05, 4.69) is 6.07 Å². The molecule has 3 nitrogen and oxygen atoms in total. The van der Waals surface area contributed by atoms with Crippen molar-refractivity contribution >= 4 is 11.8 Å². The Morgan fingerprint density at radius 1 is 1.53 bits per heavy atom. The molecular weight excluding hydrogens is 263 g/mol. The molecule has 0 bridgehead atoms. The molecule has 1 aromatic carbocycles. The van der Waals surface area contributed by atoms with Gasteiger partial charge in [-0.15, -0.1) is 11.8 Å². The monoisotopic (exact) mass is 280 g/mol. The number of hydrogen-bond acceptors (Lipinski definition) is 4. The van der Waals surface area contributed by atoms with E-state index < -0.39 is 5.54 Å². The van der Waals surface area contributed by atoms with E-state index in [1.54, 1.807) is 18.2 Å². The fraction of sp³-hybridized carbons (Fsp3) is 0.500. The quantitative estimate of drug-likeness (QED) is 0.919. The summed E-state index contributed by atoms with van der Waals surface area (Å²) in [5, 5.41) is 8.81. The Bertz CT molecular complexity index is 487. The maximum atomic E-state index is 13.9. The molecule has 1 fully saturated rings. The first-order chi connectivity index (χ1) is 9.07. The van der Waals surface area contributed by atoms with E-state index in [-0.39, 0.29) is 17.0 Å². The first-order valence-corrected chi connectivity index (χ1v) is 7.22. The number of rotatable bonds is 4. The second-order valence-corrected chi connectivity index (χ2v) is 6.14. The normalized spacial score (nSPS) is 25.8. The maximum absolute atomic E-state index is 13.9. The van der Waals surface area contributed by atoms with E-state index in [4.69, 9.17) is 15.7 Å². The topological polar surface area (TPSA) is 59.0 Å². The molecule has 1 saturated heterocycles. The van der Waals surface area contributed by atoms with Crippen LogP contribution in [0.1, 0.15) is 12.5 Å². The average molecular weight is 280 g/mol. The molecule has 1 aliphatic heterocycles. The van der Waals surface area contributed by atoms with E-state index in [0.717, 1.165) is 0 Å². The lowest BCUT2D eigenvalue weighted by Gasteiger charge is -2.34. The smallest absolute Gasteiger partial charge is 0.128 e. The van der Waals surface area contributed by atoms with Gasteiger partial charge in [-0.25, -0.2) is 4.39 Å². The highest BCUT2D eigenvalue weighted by molar-refractivity contribution is 8.00. The number of nitrogens with two attached hydrogens (primary N) is 1. The molecule has 1 aromatic rings. The van der Waals surface area contributed by atoms with Crippen molar-refractivity contribution < 1.29 is 9.13 Å².